The second-order valence-electron chi connectivity index (χ2n) is 4.84. The van der Waals surface area contributed by atoms with Crippen LogP contribution in [-0.4, -0.2) is 13.7 Å². The molecule has 1 atom stereocenters. The molecule has 0 amide bonds. The Bertz CT molecular complexity index is 688. The van der Waals surface area contributed by atoms with Crippen molar-refractivity contribution in [2.45, 2.75) is 11.2 Å². The Balaban J connectivity index is 2.04. The fraction of sp³-hybridized carbons (Fsp3) is 0.250. The molecule has 0 radical (unpaired) electrons. The van der Waals surface area contributed by atoms with Gasteiger partial charge in [0, 0.05) is 17.0 Å². The van der Waals surface area contributed by atoms with Crippen LogP contribution in [0.25, 0.3) is 0 Å². The van der Waals surface area contributed by atoms with Crippen LogP contribution in [-0.2, 0) is 6.42 Å². The Morgan fingerprint density at radius 3 is 2.86 bits per heavy atom. The predicted molar refractivity (Wildman–Crippen MR) is 92.1 cm³/mol. The van der Waals surface area contributed by atoms with Crippen molar-refractivity contribution >= 4 is 43.5 Å². The third-order valence-corrected chi connectivity index (χ3v) is 5.35. The van der Waals surface area contributed by atoms with Gasteiger partial charge in [-0.25, -0.2) is 0 Å². The zero-order valence-electron chi connectivity index (χ0n) is 11.3. The van der Waals surface area contributed by atoms with Crippen molar-refractivity contribution in [3.05, 3.63) is 56.5 Å². The molecular weight excluding hydrogens is 419 g/mol. The second-order valence-corrected chi connectivity index (χ2v) is 7.04. The summed E-state index contributed by atoms with van der Waals surface area (Å²) < 4.78 is 11.9. The lowest BCUT2D eigenvalue weighted by molar-refractivity contribution is 0.357. The summed E-state index contributed by atoms with van der Waals surface area (Å²) in [6, 6.07) is 10.0. The lowest BCUT2D eigenvalue weighted by Gasteiger charge is -2.17. The first-order valence-corrected chi connectivity index (χ1v) is 8.61. The highest BCUT2D eigenvalue weighted by molar-refractivity contribution is 9.10. The molecule has 0 fully saturated rings. The third kappa shape index (κ3) is 2.94. The first kappa shape index (κ1) is 15.2. The molecule has 1 aliphatic rings. The van der Waals surface area contributed by atoms with Crippen molar-refractivity contribution in [3.63, 3.8) is 0 Å². The van der Waals surface area contributed by atoms with E-state index in [-0.39, 0.29) is 4.83 Å². The van der Waals surface area contributed by atoms with Gasteiger partial charge in [-0.2, -0.15) is 0 Å². The van der Waals surface area contributed by atoms with Crippen molar-refractivity contribution in [2.75, 3.05) is 13.7 Å². The summed E-state index contributed by atoms with van der Waals surface area (Å²) in [6.07, 6.45) is 0.958. The maximum atomic E-state index is 6.18. The molecule has 0 bridgehead atoms. The van der Waals surface area contributed by atoms with E-state index in [2.05, 4.69) is 44.0 Å². The number of hydrogen-bond donors (Lipinski definition) is 0. The molecule has 5 heteroatoms. The van der Waals surface area contributed by atoms with E-state index in [1.165, 1.54) is 5.56 Å². The second kappa shape index (κ2) is 6.19. The average molecular weight is 433 g/mol. The fourth-order valence-electron chi connectivity index (χ4n) is 2.53. The van der Waals surface area contributed by atoms with E-state index in [0.717, 1.165) is 40.1 Å². The summed E-state index contributed by atoms with van der Waals surface area (Å²) in [7, 11) is 1.66. The van der Waals surface area contributed by atoms with Gasteiger partial charge in [-0.05, 0) is 45.3 Å². The van der Waals surface area contributed by atoms with E-state index >= 15 is 0 Å². The van der Waals surface area contributed by atoms with Gasteiger partial charge in [0.2, 0.25) is 0 Å². The minimum absolute atomic E-state index is 0.00773. The third-order valence-electron chi connectivity index (χ3n) is 3.52. The first-order valence-electron chi connectivity index (χ1n) is 6.52. The maximum Gasteiger partial charge on any atom is 0.137 e. The zero-order valence-corrected chi connectivity index (χ0v) is 15.3. The van der Waals surface area contributed by atoms with Gasteiger partial charge >= 0.3 is 0 Å². The molecule has 1 heterocycles. The van der Waals surface area contributed by atoms with E-state index in [1.807, 2.05) is 18.2 Å². The maximum absolute atomic E-state index is 6.18. The van der Waals surface area contributed by atoms with Gasteiger partial charge in [-0.1, -0.05) is 39.7 Å². The van der Waals surface area contributed by atoms with Crippen LogP contribution >= 0.6 is 43.5 Å². The Kier molecular flexibility index (Phi) is 4.48. The average Bonchev–Trinajstić information content (AvgIpc) is 2.93. The van der Waals surface area contributed by atoms with Gasteiger partial charge in [0.15, 0.2) is 0 Å². The molecule has 0 N–H and O–H groups in total. The largest absolute Gasteiger partial charge is 0.495 e. The highest BCUT2D eigenvalue weighted by atomic mass is 79.9. The Hall–Kier alpha value is -0.710. The molecule has 2 aromatic carbocycles. The van der Waals surface area contributed by atoms with Gasteiger partial charge in [0.25, 0.3) is 0 Å². The quantitative estimate of drug-likeness (QED) is 0.594. The van der Waals surface area contributed by atoms with Gasteiger partial charge < -0.3 is 9.47 Å². The number of ether oxygens (including phenoxy) is 2. The summed E-state index contributed by atoms with van der Waals surface area (Å²) >= 11 is 13.4. The highest BCUT2D eigenvalue weighted by Crippen LogP contribution is 2.43. The monoisotopic (exact) mass is 430 g/mol. The van der Waals surface area contributed by atoms with Crippen molar-refractivity contribution in [3.8, 4) is 11.5 Å². The summed E-state index contributed by atoms with van der Waals surface area (Å²) in [5.74, 6) is 1.77. The van der Waals surface area contributed by atoms with Gasteiger partial charge in [0.05, 0.1) is 23.0 Å². The molecule has 1 unspecified atom stereocenters. The molecule has 2 nitrogen and oxygen atoms in total. The molecular formula is C16H13Br2ClO2. The normalized spacial score (nSPS) is 14.5. The number of rotatable bonds is 3. The molecule has 0 aromatic heterocycles. The van der Waals surface area contributed by atoms with Crippen molar-refractivity contribution in [1.82, 2.24) is 0 Å². The van der Waals surface area contributed by atoms with Crippen LogP contribution in [0, 0.1) is 0 Å². The molecule has 0 saturated carbocycles. The molecule has 2 aromatic rings. The van der Waals surface area contributed by atoms with Gasteiger partial charge in [-0.15, -0.1) is 0 Å². The number of methoxy groups -OCH3 is 1. The van der Waals surface area contributed by atoms with Crippen molar-refractivity contribution < 1.29 is 9.47 Å². The summed E-state index contributed by atoms with van der Waals surface area (Å²) in [6.45, 7) is 0.762. The number of alkyl halides is 1. The zero-order chi connectivity index (χ0) is 15.0. The van der Waals surface area contributed by atoms with Crippen LogP contribution in [0.3, 0.4) is 0 Å². The van der Waals surface area contributed by atoms with Crippen LogP contribution in [0.15, 0.2) is 34.8 Å². The molecule has 3 rings (SSSR count). The van der Waals surface area contributed by atoms with Crippen LogP contribution in [0.4, 0.5) is 0 Å². The lowest BCUT2D eigenvalue weighted by Crippen LogP contribution is -1.99. The topological polar surface area (TPSA) is 18.5 Å². The lowest BCUT2D eigenvalue weighted by atomic mass is 10.0. The van der Waals surface area contributed by atoms with Crippen LogP contribution in [0.5, 0.6) is 11.5 Å². The summed E-state index contributed by atoms with van der Waals surface area (Å²) in [5, 5.41) is 0.673. The standard InChI is InChI=1S/C16H13Br2ClO2/c1-20-16-12(7-11(19)8-13(16)17)15(18)10-2-3-14-9(6-10)4-5-21-14/h2-3,6-8,15H,4-5H2,1H3. The minimum atomic E-state index is 0.00773. The molecule has 0 aliphatic carbocycles. The fourth-order valence-corrected chi connectivity index (χ4v) is 4.15. The Morgan fingerprint density at radius 2 is 2.10 bits per heavy atom. The number of benzene rings is 2. The Morgan fingerprint density at radius 1 is 1.29 bits per heavy atom. The van der Waals surface area contributed by atoms with E-state index in [4.69, 9.17) is 21.1 Å². The van der Waals surface area contributed by atoms with Crippen LogP contribution in [0.1, 0.15) is 21.5 Å². The first-order chi connectivity index (χ1) is 10.1. The van der Waals surface area contributed by atoms with Crippen molar-refractivity contribution in [2.24, 2.45) is 0 Å². The molecule has 110 valence electrons. The van der Waals surface area contributed by atoms with Crippen LogP contribution in [0.2, 0.25) is 5.02 Å². The molecule has 0 spiro atoms. The smallest absolute Gasteiger partial charge is 0.137 e. The highest BCUT2D eigenvalue weighted by Gasteiger charge is 2.21. The number of hydrogen-bond acceptors (Lipinski definition) is 2. The Labute approximate surface area is 145 Å². The predicted octanol–water partition coefficient (Wildman–Crippen LogP) is 5.53. The van der Waals surface area contributed by atoms with E-state index in [1.54, 1.807) is 7.11 Å². The SMILES string of the molecule is COc1c(Br)cc(Cl)cc1C(Br)c1ccc2c(c1)CCO2. The summed E-state index contributed by atoms with van der Waals surface area (Å²) in [4.78, 5) is 0.00773. The minimum Gasteiger partial charge on any atom is -0.495 e. The van der Waals surface area contributed by atoms with Crippen LogP contribution < -0.4 is 9.47 Å². The van der Waals surface area contributed by atoms with Gasteiger partial charge in [0.1, 0.15) is 11.5 Å². The van der Waals surface area contributed by atoms with Gasteiger partial charge in [-0.3, -0.25) is 0 Å². The number of fused-ring (bicyclic) bond motifs is 1. The summed E-state index contributed by atoms with van der Waals surface area (Å²) in [5.41, 5.74) is 3.40. The molecule has 1 aliphatic heterocycles. The molecule has 0 saturated heterocycles. The van der Waals surface area contributed by atoms with E-state index in [9.17, 15) is 0 Å². The molecule has 21 heavy (non-hydrogen) atoms. The van der Waals surface area contributed by atoms with Crippen molar-refractivity contribution in [1.29, 1.82) is 0 Å². The van der Waals surface area contributed by atoms with E-state index < -0.39 is 0 Å². The number of halogens is 3. The van der Waals surface area contributed by atoms with E-state index in [0.29, 0.717) is 5.02 Å².